The highest BCUT2D eigenvalue weighted by molar-refractivity contribution is 5.58. The maximum atomic E-state index is 4.44. The van der Waals surface area contributed by atoms with Crippen LogP contribution in [0.5, 0.6) is 0 Å². The quantitative estimate of drug-likeness (QED) is 0.681. The van der Waals surface area contributed by atoms with E-state index in [4.69, 9.17) is 0 Å². The molecule has 70 valence electrons. The van der Waals surface area contributed by atoms with E-state index in [0.717, 1.165) is 22.6 Å². The summed E-state index contributed by atoms with van der Waals surface area (Å²) in [7, 11) is 0. The fourth-order valence-corrected chi connectivity index (χ4v) is 1.43. The molecule has 0 aromatic carbocycles. The summed E-state index contributed by atoms with van der Waals surface area (Å²) in [4.78, 5) is 8.77. The molecule has 0 aliphatic carbocycles. The number of hydrogen-bond donors (Lipinski definition) is 0. The largest absolute Gasteiger partial charge is 0.254 e. The van der Waals surface area contributed by atoms with Gasteiger partial charge in [-0.2, -0.15) is 0 Å². The van der Waals surface area contributed by atoms with Gasteiger partial charge in [0.05, 0.1) is 11.4 Å². The van der Waals surface area contributed by atoms with Gasteiger partial charge in [0.1, 0.15) is 0 Å². The Morgan fingerprint density at radius 2 is 1.86 bits per heavy atom. The highest BCUT2D eigenvalue weighted by atomic mass is 14.8. The Kier molecular flexibility index (Phi) is 2.27. The molecule has 0 amide bonds. The summed E-state index contributed by atoms with van der Waals surface area (Å²) < 4.78 is 0. The lowest BCUT2D eigenvalue weighted by atomic mass is 10.1. The van der Waals surface area contributed by atoms with Crippen molar-refractivity contribution >= 4 is 0 Å². The molecule has 2 aromatic rings. The van der Waals surface area contributed by atoms with Crippen molar-refractivity contribution in [1.82, 2.24) is 9.97 Å². The van der Waals surface area contributed by atoms with Crippen molar-refractivity contribution in [2.45, 2.75) is 13.8 Å². The summed E-state index contributed by atoms with van der Waals surface area (Å²) in [5, 5.41) is 0. The number of aromatic nitrogens is 2. The Balaban J connectivity index is 2.55. The Labute approximate surface area is 83.7 Å². The van der Waals surface area contributed by atoms with E-state index in [2.05, 4.69) is 9.97 Å². The van der Waals surface area contributed by atoms with Crippen molar-refractivity contribution in [3.05, 3.63) is 47.8 Å². The van der Waals surface area contributed by atoms with Gasteiger partial charge in [-0.1, -0.05) is 12.1 Å². The topological polar surface area (TPSA) is 25.8 Å². The van der Waals surface area contributed by atoms with Gasteiger partial charge in [-0.15, -0.1) is 0 Å². The van der Waals surface area contributed by atoms with Gasteiger partial charge in [0.2, 0.25) is 0 Å². The van der Waals surface area contributed by atoms with Crippen LogP contribution in [0.4, 0.5) is 0 Å². The maximum Gasteiger partial charge on any atom is 0.0915 e. The number of hydrogen-bond acceptors (Lipinski definition) is 2. The molecule has 0 aliphatic heterocycles. The van der Waals surface area contributed by atoms with E-state index >= 15 is 0 Å². The normalized spacial score (nSPS) is 10.1. The average Bonchev–Trinajstić information content (AvgIpc) is 2.18. The zero-order valence-electron chi connectivity index (χ0n) is 8.36. The molecule has 0 atom stereocenters. The van der Waals surface area contributed by atoms with Crippen molar-refractivity contribution in [2.75, 3.05) is 0 Å². The molecule has 2 heterocycles. The molecule has 0 unspecified atom stereocenters. The maximum absolute atomic E-state index is 4.44. The summed E-state index contributed by atoms with van der Waals surface area (Å²) in [5.74, 6) is 0. The van der Waals surface area contributed by atoms with Crippen LogP contribution in [0.1, 0.15) is 11.3 Å². The molecular weight excluding hydrogens is 172 g/mol. The summed E-state index contributed by atoms with van der Waals surface area (Å²) in [6, 6.07) is 9.97. The van der Waals surface area contributed by atoms with Crippen LogP contribution in [0.25, 0.3) is 11.4 Å². The minimum Gasteiger partial charge on any atom is -0.254 e. The van der Waals surface area contributed by atoms with Crippen LogP contribution >= 0.6 is 0 Å². The predicted octanol–water partition coefficient (Wildman–Crippen LogP) is 2.76. The molecule has 2 nitrogen and oxygen atoms in total. The summed E-state index contributed by atoms with van der Waals surface area (Å²) in [5.41, 5.74) is 4.09. The van der Waals surface area contributed by atoms with Gasteiger partial charge in [0.25, 0.3) is 0 Å². The lowest BCUT2D eigenvalue weighted by molar-refractivity contribution is 1.16. The summed E-state index contributed by atoms with van der Waals surface area (Å²) in [6.45, 7) is 4.04. The molecule has 0 fully saturated rings. The molecule has 0 N–H and O–H groups in total. The highest BCUT2D eigenvalue weighted by Gasteiger charge is 2.02. The predicted molar refractivity (Wildman–Crippen MR) is 56.9 cm³/mol. The van der Waals surface area contributed by atoms with Crippen LogP contribution in [-0.2, 0) is 0 Å². The van der Waals surface area contributed by atoms with E-state index in [9.17, 15) is 0 Å². The third kappa shape index (κ3) is 1.64. The molecule has 0 aliphatic rings. The summed E-state index contributed by atoms with van der Waals surface area (Å²) >= 11 is 0. The van der Waals surface area contributed by atoms with Crippen molar-refractivity contribution in [3.8, 4) is 11.4 Å². The molecule has 2 heteroatoms. The smallest absolute Gasteiger partial charge is 0.0915 e. The van der Waals surface area contributed by atoms with Gasteiger partial charge in [0, 0.05) is 11.9 Å². The Bertz CT molecular complexity index is 450. The molecule has 0 radical (unpaired) electrons. The second kappa shape index (κ2) is 3.58. The van der Waals surface area contributed by atoms with E-state index in [-0.39, 0.29) is 0 Å². The molecule has 0 saturated heterocycles. The van der Waals surface area contributed by atoms with Gasteiger partial charge >= 0.3 is 0 Å². The molecule has 0 saturated carbocycles. The number of rotatable bonds is 1. The van der Waals surface area contributed by atoms with Gasteiger partial charge in [-0.3, -0.25) is 9.97 Å². The fraction of sp³-hybridized carbons (Fsp3) is 0.167. The highest BCUT2D eigenvalue weighted by Crippen LogP contribution is 2.17. The van der Waals surface area contributed by atoms with E-state index in [1.54, 1.807) is 6.20 Å². The Morgan fingerprint density at radius 1 is 1.00 bits per heavy atom. The monoisotopic (exact) mass is 184 g/mol. The molecule has 14 heavy (non-hydrogen) atoms. The van der Waals surface area contributed by atoms with E-state index in [0.29, 0.717) is 0 Å². The van der Waals surface area contributed by atoms with Crippen LogP contribution in [-0.4, -0.2) is 9.97 Å². The van der Waals surface area contributed by atoms with E-state index < -0.39 is 0 Å². The lowest BCUT2D eigenvalue weighted by Gasteiger charge is -2.03. The van der Waals surface area contributed by atoms with Gasteiger partial charge in [0.15, 0.2) is 0 Å². The Morgan fingerprint density at radius 3 is 2.57 bits per heavy atom. The van der Waals surface area contributed by atoms with Crippen LogP contribution in [0.2, 0.25) is 0 Å². The van der Waals surface area contributed by atoms with E-state index in [1.165, 1.54) is 0 Å². The minimum absolute atomic E-state index is 0.947. The summed E-state index contributed by atoms with van der Waals surface area (Å²) in [6.07, 6.45) is 1.80. The minimum atomic E-state index is 0.947. The second-order valence-electron chi connectivity index (χ2n) is 3.33. The molecular formula is C12H12N2. The van der Waals surface area contributed by atoms with Crippen LogP contribution < -0.4 is 0 Å². The zero-order chi connectivity index (χ0) is 9.97. The standard InChI is InChI=1S/C12H12N2/c1-9-5-4-8-13-12(9)11-7-3-6-10(2)14-11/h3-8H,1-2H3. The first kappa shape index (κ1) is 8.88. The molecule has 0 bridgehead atoms. The van der Waals surface area contributed by atoms with Crippen molar-refractivity contribution in [3.63, 3.8) is 0 Å². The number of aryl methyl sites for hydroxylation is 2. The lowest BCUT2D eigenvalue weighted by Crippen LogP contribution is -1.91. The van der Waals surface area contributed by atoms with Crippen molar-refractivity contribution < 1.29 is 0 Å². The van der Waals surface area contributed by atoms with Gasteiger partial charge in [-0.25, -0.2) is 0 Å². The molecule has 2 rings (SSSR count). The molecule has 2 aromatic heterocycles. The first-order chi connectivity index (χ1) is 6.77. The zero-order valence-corrected chi connectivity index (χ0v) is 8.36. The van der Waals surface area contributed by atoms with Crippen molar-refractivity contribution in [1.29, 1.82) is 0 Å². The average molecular weight is 184 g/mol. The third-order valence-corrected chi connectivity index (χ3v) is 2.14. The van der Waals surface area contributed by atoms with Crippen molar-refractivity contribution in [2.24, 2.45) is 0 Å². The SMILES string of the molecule is Cc1cccc(-c2ncccc2C)n1. The van der Waals surface area contributed by atoms with Crippen LogP contribution in [0.15, 0.2) is 36.5 Å². The van der Waals surface area contributed by atoms with Crippen LogP contribution in [0, 0.1) is 13.8 Å². The first-order valence-electron chi connectivity index (χ1n) is 4.63. The van der Waals surface area contributed by atoms with Gasteiger partial charge in [-0.05, 0) is 37.6 Å². The molecule has 0 spiro atoms. The number of pyridine rings is 2. The first-order valence-corrected chi connectivity index (χ1v) is 4.63. The fourth-order valence-electron chi connectivity index (χ4n) is 1.43. The Hall–Kier alpha value is -1.70. The third-order valence-electron chi connectivity index (χ3n) is 2.14. The second-order valence-corrected chi connectivity index (χ2v) is 3.33. The van der Waals surface area contributed by atoms with E-state index in [1.807, 2.05) is 44.2 Å². The number of nitrogens with zero attached hydrogens (tertiary/aromatic N) is 2. The van der Waals surface area contributed by atoms with Crippen LogP contribution in [0.3, 0.4) is 0 Å². The van der Waals surface area contributed by atoms with Gasteiger partial charge < -0.3 is 0 Å².